The van der Waals surface area contributed by atoms with Crippen molar-refractivity contribution in [3.8, 4) is 0 Å². The number of carbonyl (C=O) groups is 1. The molecule has 0 aromatic carbocycles. The van der Waals surface area contributed by atoms with Gasteiger partial charge in [-0.05, 0) is 19.8 Å². The quantitative estimate of drug-likeness (QED) is 0.444. The van der Waals surface area contributed by atoms with Gasteiger partial charge in [0.1, 0.15) is 5.78 Å². The van der Waals surface area contributed by atoms with Gasteiger partial charge in [0.2, 0.25) is 6.04 Å². The summed E-state index contributed by atoms with van der Waals surface area (Å²) in [7, 11) is 0. The van der Waals surface area contributed by atoms with Crippen molar-refractivity contribution in [3.63, 3.8) is 0 Å². The minimum Gasteiger partial charge on any atom is -0.299 e. The van der Waals surface area contributed by atoms with Crippen LogP contribution in [0.4, 0.5) is 0 Å². The van der Waals surface area contributed by atoms with Crippen LogP contribution in [-0.2, 0) is 4.79 Å². The fourth-order valence-corrected chi connectivity index (χ4v) is 1.67. The molecule has 1 fully saturated rings. The summed E-state index contributed by atoms with van der Waals surface area (Å²) in [4.78, 5) is 20.9. The van der Waals surface area contributed by atoms with E-state index in [-0.39, 0.29) is 16.6 Å². The van der Waals surface area contributed by atoms with Crippen LogP contribution in [0.15, 0.2) is 0 Å². The molecule has 0 bridgehead atoms. The number of hydrogen-bond donors (Lipinski definition) is 0. The maximum absolute atomic E-state index is 10.9. The minimum absolute atomic E-state index is 0.0378. The maximum atomic E-state index is 10.9. The average molecular weight is 157 g/mol. The molecular formula is C7H11NO3. The highest BCUT2D eigenvalue weighted by molar-refractivity contribution is 5.79. The standard InChI is InChI=1S/C7H11NO3/c1-5(9)6-3-2-4-7(6)8(10)11/h6-7H,2-4H2,1H3. The molecule has 0 N–H and O–H groups in total. The van der Waals surface area contributed by atoms with Crippen molar-refractivity contribution in [2.45, 2.75) is 32.2 Å². The zero-order valence-electron chi connectivity index (χ0n) is 6.45. The molecule has 2 atom stereocenters. The summed E-state index contributed by atoms with van der Waals surface area (Å²) in [5, 5.41) is 10.4. The zero-order valence-corrected chi connectivity index (χ0v) is 6.45. The summed E-state index contributed by atoms with van der Waals surface area (Å²) in [5.74, 6) is -0.353. The Labute approximate surface area is 64.7 Å². The van der Waals surface area contributed by atoms with Gasteiger partial charge in [0.25, 0.3) is 0 Å². The van der Waals surface area contributed by atoms with Crippen molar-refractivity contribution in [2.75, 3.05) is 0 Å². The molecule has 1 aliphatic carbocycles. The summed E-state index contributed by atoms with van der Waals surface area (Å²) in [6.07, 6.45) is 2.08. The molecule has 1 saturated carbocycles. The summed E-state index contributed by atoms with van der Waals surface area (Å²) in [5.41, 5.74) is 0. The van der Waals surface area contributed by atoms with Gasteiger partial charge < -0.3 is 0 Å². The fraction of sp³-hybridized carbons (Fsp3) is 0.857. The Balaban J connectivity index is 2.65. The highest BCUT2D eigenvalue weighted by atomic mass is 16.6. The Hall–Kier alpha value is -0.930. The molecule has 1 aliphatic rings. The Morgan fingerprint density at radius 2 is 2.18 bits per heavy atom. The number of ketones is 1. The van der Waals surface area contributed by atoms with Gasteiger partial charge in [-0.2, -0.15) is 0 Å². The number of Topliss-reactive ketones (excluding diaryl/α,β-unsaturated/α-hetero) is 1. The number of hydrogen-bond acceptors (Lipinski definition) is 3. The Kier molecular flexibility index (Phi) is 2.22. The number of nitro groups is 1. The molecule has 4 nitrogen and oxygen atoms in total. The third-order valence-corrected chi connectivity index (χ3v) is 2.27. The van der Waals surface area contributed by atoms with Gasteiger partial charge in [-0.1, -0.05) is 0 Å². The molecule has 0 aromatic rings. The van der Waals surface area contributed by atoms with Crippen molar-refractivity contribution < 1.29 is 9.72 Å². The van der Waals surface area contributed by atoms with E-state index in [0.29, 0.717) is 12.8 Å². The van der Waals surface area contributed by atoms with Crippen LogP contribution in [0, 0.1) is 16.0 Å². The molecule has 62 valence electrons. The number of nitrogens with zero attached hydrogens (tertiary/aromatic N) is 1. The first-order chi connectivity index (χ1) is 5.13. The monoisotopic (exact) mass is 157 g/mol. The van der Waals surface area contributed by atoms with Crippen molar-refractivity contribution in [3.05, 3.63) is 10.1 Å². The van der Waals surface area contributed by atoms with Crippen molar-refractivity contribution in [1.82, 2.24) is 0 Å². The molecule has 4 heteroatoms. The summed E-state index contributed by atoms with van der Waals surface area (Å²) >= 11 is 0. The first-order valence-electron chi connectivity index (χ1n) is 3.77. The molecule has 1 rings (SSSR count). The van der Waals surface area contributed by atoms with E-state index >= 15 is 0 Å². The van der Waals surface area contributed by atoms with Crippen LogP contribution in [0.25, 0.3) is 0 Å². The largest absolute Gasteiger partial charge is 0.299 e. The molecule has 0 heterocycles. The third kappa shape index (κ3) is 1.56. The van der Waals surface area contributed by atoms with E-state index in [0.717, 1.165) is 6.42 Å². The molecule has 11 heavy (non-hydrogen) atoms. The Morgan fingerprint density at radius 3 is 2.55 bits per heavy atom. The highest BCUT2D eigenvalue weighted by Crippen LogP contribution is 2.28. The van der Waals surface area contributed by atoms with Crippen LogP contribution in [-0.4, -0.2) is 16.7 Å². The van der Waals surface area contributed by atoms with Crippen LogP contribution >= 0.6 is 0 Å². The zero-order chi connectivity index (χ0) is 8.43. The molecule has 0 amide bonds. The minimum atomic E-state index is -0.604. The summed E-state index contributed by atoms with van der Waals surface area (Å²) in [6, 6.07) is -0.604. The van der Waals surface area contributed by atoms with Crippen molar-refractivity contribution >= 4 is 5.78 Å². The van der Waals surface area contributed by atoms with E-state index in [1.165, 1.54) is 6.92 Å². The van der Waals surface area contributed by atoms with Crippen LogP contribution in [0.1, 0.15) is 26.2 Å². The Morgan fingerprint density at radius 1 is 1.55 bits per heavy atom. The van der Waals surface area contributed by atoms with Gasteiger partial charge in [0.05, 0.1) is 5.92 Å². The van der Waals surface area contributed by atoms with Gasteiger partial charge in [-0.25, -0.2) is 0 Å². The lowest BCUT2D eigenvalue weighted by molar-refractivity contribution is -0.525. The van der Waals surface area contributed by atoms with Crippen LogP contribution < -0.4 is 0 Å². The second-order valence-electron chi connectivity index (χ2n) is 3.00. The van der Waals surface area contributed by atoms with E-state index in [2.05, 4.69) is 0 Å². The SMILES string of the molecule is CC(=O)C1CCCC1[N+](=O)[O-]. The van der Waals surface area contributed by atoms with E-state index in [1.54, 1.807) is 0 Å². The summed E-state index contributed by atoms with van der Waals surface area (Å²) < 4.78 is 0. The van der Waals surface area contributed by atoms with E-state index in [9.17, 15) is 14.9 Å². The van der Waals surface area contributed by atoms with Crippen molar-refractivity contribution in [2.24, 2.45) is 5.92 Å². The smallest absolute Gasteiger partial charge is 0.222 e. The van der Waals surface area contributed by atoms with Gasteiger partial charge in [-0.3, -0.25) is 14.9 Å². The van der Waals surface area contributed by atoms with Gasteiger partial charge in [0, 0.05) is 11.3 Å². The topological polar surface area (TPSA) is 60.2 Å². The first kappa shape index (κ1) is 8.17. The second-order valence-corrected chi connectivity index (χ2v) is 3.00. The summed E-state index contributed by atoms with van der Waals surface area (Å²) in [6.45, 7) is 1.44. The molecule has 0 aliphatic heterocycles. The molecule has 2 unspecified atom stereocenters. The van der Waals surface area contributed by atoms with E-state index < -0.39 is 6.04 Å². The lowest BCUT2D eigenvalue weighted by atomic mass is 10.0. The first-order valence-corrected chi connectivity index (χ1v) is 3.77. The normalized spacial score (nSPS) is 30.3. The molecule has 0 spiro atoms. The molecule has 0 radical (unpaired) electrons. The third-order valence-electron chi connectivity index (χ3n) is 2.27. The predicted octanol–water partition coefficient (Wildman–Crippen LogP) is 1.02. The van der Waals surface area contributed by atoms with Gasteiger partial charge >= 0.3 is 0 Å². The lowest BCUT2D eigenvalue weighted by Crippen LogP contribution is -2.28. The Bertz CT molecular complexity index is 170. The van der Waals surface area contributed by atoms with Crippen molar-refractivity contribution in [1.29, 1.82) is 0 Å². The second kappa shape index (κ2) is 2.98. The molecule has 0 aromatic heterocycles. The number of rotatable bonds is 2. The predicted molar refractivity (Wildman–Crippen MR) is 38.8 cm³/mol. The molecular weight excluding hydrogens is 146 g/mol. The van der Waals surface area contributed by atoms with Crippen LogP contribution in [0.5, 0.6) is 0 Å². The highest BCUT2D eigenvalue weighted by Gasteiger charge is 2.38. The fourth-order valence-electron chi connectivity index (χ4n) is 1.67. The van der Waals surface area contributed by atoms with Gasteiger partial charge in [-0.15, -0.1) is 0 Å². The maximum Gasteiger partial charge on any atom is 0.222 e. The van der Waals surface area contributed by atoms with Crippen LogP contribution in [0.2, 0.25) is 0 Å². The average Bonchev–Trinajstić information content (AvgIpc) is 2.32. The lowest BCUT2D eigenvalue weighted by Gasteiger charge is -2.07. The van der Waals surface area contributed by atoms with E-state index in [4.69, 9.17) is 0 Å². The van der Waals surface area contributed by atoms with E-state index in [1.807, 2.05) is 0 Å². The number of carbonyl (C=O) groups excluding carboxylic acids is 1. The van der Waals surface area contributed by atoms with Crippen LogP contribution in [0.3, 0.4) is 0 Å². The van der Waals surface area contributed by atoms with Gasteiger partial charge in [0.15, 0.2) is 0 Å². The molecule has 0 saturated heterocycles.